The number of nitrogens with one attached hydrogen (secondary N) is 2. The van der Waals surface area contributed by atoms with Crippen molar-refractivity contribution in [2.45, 2.75) is 13.0 Å². The predicted molar refractivity (Wildman–Crippen MR) is 98.0 cm³/mol. The zero-order valence-corrected chi connectivity index (χ0v) is 13.7. The maximum absolute atomic E-state index is 12.2. The Kier molecular flexibility index (Phi) is 4.09. The van der Waals surface area contributed by atoms with Crippen LogP contribution in [0.1, 0.15) is 11.3 Å². The van der Waals surface area contributed by atoms with Crippen LogP contribution in [0.25, 0.3) is 22.2 Å². The Hall–Kier alpha value is -3.27. The van der Waals surface area contributed by atoms with Crippen molar-refractivity contribution >= 4 is 16.8 Å². The van der Waals surface area contributed by atoms with Crippen LogP contribution in [-0.2, 0) is 17.8 Å². The fourth-order valence-electron chi connectivity index (χ4n) is 2.93. The molecule has 0 spiro atoms. The van der Waals surface area contributed by atoms with Gasteiger partial charge in [0, 0.05) is 22.7 Å². The zero-order valence-electron chi connectivity index (χ0n) is 13.7. The maximum atomic E-state index is 12.2. The van der Waals surface area contributed by atoms with Crippen LogP contribution in [0.3, 0.4) is 0 Å². The summed E-state index contributed by atoms with van der Waals surface area (Å²) >= 11 is 0. The summed E-state index contributed by atoms with van der Waals surface area (Å²) in [4.78, 5) is 15.4. The summed E-state index contributed by atoms with van der Waals surface area (Å²) in [7, 11) is 0. The van der Waals surface area contributed by atoms with Gasteiger partial charge in [-0.3, -0.25) is 4.79 Å². The number of hydrogen-bond acceptors (Lipinski definition) is 2. The van der Waals surface area contributed by atoms with Gasteiger partial charge < -0.3 is 14.7 Å². The number of aromatic amines is 1. The van der Waals surface area contributed by atoms with Gasteiger partial charge in [0.25, 0.3) is 0 Å². The van der Waals surface area contributed by atoms with Crippen LogP contribution in [0, 0.1) is 0 Å². The summed E-state index contributed by atoms with van der Waals surface area (Å²) in [5.41, 5.74) is 3.07. The third-order valence-corrected chi connectivity index (χ3v) is 4.21. The van der Waals surface area contributed by atoms with E-state index in [-0.39, 0.29) is 5.91 Å². The number of para-hydroxylation sites is 1. The van der Waals surface area contributed by atoms with Gasteiger partial charge in [-0.15, -0.1) is 0 Å². The second-order valence-corrected chi connectivity index (χ2v) is 5.94. The van der Waals surface area contributed by atoms with Crippen molar-refractivity contribution in [1.82, 2.24) is 10.3 Å². The molecule has 2 N–H and O–H groups in total. The number of furan rings is 1. The topological polar surface area (TPSA) is 58.0 Å². The standard InChI is InChI=1S/C21H18N2O2/c24-21(12-16-13-22-19-9-5-4-8-18(16)19)23-14-17-10-11-20(25-17)15-6-2-1-3-7-15/h1-11,13,22H,12,14H2,(H,23,24). The lowest BCUT2D eigenvalue weighted by Crippen LogP contribution is -2.24. The molecule has 2 heterocycles. The molecule has 0 aliphatic heterocycles. The van der Waals surface area contributed by atoms with E-state index in [0.717, 1.165) is 33.6 Å². The Morgan fingerprint density at radius 2 is 1.76 bits per heavy atom. The molecule has 4 rings (SSSR count). The number of rotatable bonds is 5. The molecule has 1 amide bonds. The van der Waals surface area contributed by atoms with Gasteiger partial charge in [0.2, 0.25) is 5.91 Å². The van der Waals surface area contributed by atoms with Crippen molar-refractivity contribution in [2.24, 2.45) is 0 Å². The zero-order chi connectivity index (χ0) is 17.1. The summed E-state index contributed by atoms with van der Waals surface area (Å²) in [6.45, 7) is 0.383. The molecule has 124 valence electrons. The Labute approximate surface area is 145 Å². The molecule has 25 heavy (non-hydrogen) atoms. The van der Waals surface area contributed by atoms with Crippen LogP contribution in [0.5, 0.6) is 0 Å². The van der Waals surface area contributed by atoms with Crippen molar-refractivity contribution < 1.29 is 9.21 Å². The summed E-state index contributed by atoms with van der Waals surface area (Å²) in [6, 6.07) is 21.7. The molecular formula is C21H18N2O2. The lowest BCUT2D eigenvalue weighted by molar-refractivity contribution is -0.120. The van der Waals surface area contributed by atoms with Crippen LogP contribution in [0.15, 0.2) is 77.3 Å². The lowest BCUT2D eigenvalue weighted by Gasteiger charge is -2.03. The van der Waals surface area contributed by atoms with Crippen molar-refractivity contribution in [3.63, 3.8) is 0 Å². The monoisotopic (exact) mass is 330 g/mol. The fourth-order valence-corrected chi connectivity index (χ4v) is 2.93. The molecule has 4 heteroatoms. The number of carbonyl (C=O) groups excluding carboxylic acids is 1. The molecule has 0 saturated heterocycles. The van der Waals surface area contributed by atoms with Crippen molar-refractivity contribution in [3.8, 4) is 11.3 Å². The minimum atomic E-state index is -0.0255. The summed E-state index contributed by atoms with van der Waals surface area (Å²) in [5, 5.41) is 4.01. The van der Waals surface area contributed by atoms with Gasteiger partial charge >= 0.3 is 0 Å². The molecule has 2 aromatic heterocycles. The second kappa shape index (κ2) is 6.69. The molecule has 4 aromatic rings. The Morgan fingerprint density at radius 3 is 2.64 bits per heavy atom. The molecular weight excluding hydrogens is 312 g/mol. The van der Waals surface area contributed by atoms with Crippen LogP contribution in [0.2, 0.25) is 0 Å². The number of amides is 1. The quantitative estimate of drug-likeness (QED) is 0.573. The van der Waals surface area contributed by atoms with E-state index >= 15 is 0 Å². The number of H-pyrrole nitrogens is 1. The van der Waals surface area contributed by atoms with Crippen molar-refractivity contribution in [2.75, 3.05) is 0 Å². The normalized spacial score (nSPS) is 10.9. The van der Waals surface area contributed by atoms with E-state index in [4.69, 9.17) is 4.42 Å². The van der Waals surface area contributed by atoms with E-state index in [1.165, 1.54) is 0 Å². The van der Waals surface area contributed by atoms with Gasteiger partial charge in [0.1, 0.15) is 11.5 Å². The lowest BCUT2D eigenvalue weighted by atomic mass is 10.1. The molecule has 0 atom stereocenters. The van der Waals surface area contributed by atoms with Gasteiger partial charge in [0.05, 0.1) is 13.0 Å². The van der Waals surface area contributed by atoms with Crippen molar-refractivity contribution in [1.29, 1.82) is 0 Å². The van der Waals surface area contributed by atoms with E-state index in [0.29, 0.717) is 13.0 Å². The second-order valence-electron chi connectivity index (χ2n) is 5.94. The highest BCUT2D eigenvalue weighted by Crippen LogP contribution is 2.22. The molecule has 0 aliphatic carbocycles. The van der Waals surface area contributed by atoms with E-state index in [9.17, 15) is 4.79 Å². The van der Waals surface area contributed by atoms with Gasteiger partial charge in [0.15, 0.2) is 0 Å². The molecule has 0 aliphatic rings. The first-order valence-electron chi connectivity index (χ1n) is 8.25. The first-order chi connectivity index (χ1) is 12.3. The highest BCUT2D eigenvalue weighted by molar-refractivity contribution is 5.88. The number of carbonyl (C=O) groups is 1. The third kappa shape index (κ3) is 3.33. The van der Waals surface area contributed by atoms with Crippen LogP contribution in [-0.4, -0.2) is 10.9 Å². The third-order valence-electron chi connectivity index (χ3n) is 4.21. The van der Waals surface area contributed by atoms with E-state index in [2.05, 4.69) is 10.3 Å². The van der Waals surface area contributed by atoms with Crippen LogP contribution >= 0.6 is 0 Å². The molecule has 0 bridgehead atoms. The molecule has 4 nitrogen and oxygen atoms in total. The molecule has 0 unspecified atom stereocenters. The summed E-state index contributed by atoms with van der Waals surface area (Å²) in [5.74, 6) is 1.52. The number of benzene rings is 2. The van der Waals surface area contributed by atoms with E-state index in [1.807, 2.05) is 72.9 Å². The SMILES string of the molecule is O=C(Cc1c[nH]c2ccccc12)NCc1ccc(-c2ccccc2)o1. The predicted octanol–water partition coefficient (Wildman–Crippen LogP) is 4.29. The molecule has 0 fully saturated rings. The van der Waals surface area contributed by atoms with Gasteiger partial charge in [-0.05, 0) is 23.8 Å². The van der Waals surface area contributed by atoms with Crippen LogP contribution < -0.4 is 5.32 Å². The van der Waals surface area contributed by atoms with Gasteiger partial charge in [-0.25, -0.2) is 0 Å². The Balaban J connectivity index is 1.38. The smallest absolute Gasteiger partial charge is 0.224 e. The maximum Gasteiger partial charge on any atom is 0.224 e. The summed E-state index contributed by atoms with van der Waals surface area (Å²) in [6.07, 6.45) is 2.24. The van der Waals surface area contributed by atoms with Gasteiger partial charge in [-0.2, -0.15) is 0 Å². The summed E-state index contributed by atoms with van der Waals surface area (Å²) < 4.78 is 5.80. The number of aromatic nitrogens is 1. The first-order valence-corrected chi connectivity index (χ1v) is 8.25. The minimum Gasteiger partial charge on any atom is -0.459 e. The fraction of sp³-hybridized carbons (Fsp3) is 0.0952. The van der Waals surface area contributed by atoms with Crippen LogP contribution in [0.4, 0.5) is 0 Å². The molecule has 2 aromatic carbocycles. The van der Waals surface area contributed by atoms with Crippen molar-refractivity contribution in [3.05, 3.63) is 84.3 Å². The first kappa shape index (κ1) is 15.3. The Bertz CT molecular complexity index is 999. The number of hydrogen-bond donors (Lipinski definition) is 2. The molecule has 0 saturated carbocycles. The van der Waals surface area contributed by atoms with E-state index in [1.54, 1.807) is 0 Å². The average molecular weight is 330 g/mol. The number of fused-ring (bicyclic) bond motifs is 1. The highest BCUT2D eigenvalue weighted by Gasteiger charge is 2.10. The molecule has 0 radical (unpaired) electrons. The van der Waals surface area contributed by atoms with E-state index < -0.39 is 0 Å². The van der Waals surface area contributed by atoms with Gasteiger partial charge in [-0.1, -0.05) is 48.5 Å². The Morgan fingerprint density at radius 1 is 0.960 bits per heavy atom. The highest BCUT2D eigenvalue weighted by atomic mass is 16.3. The largest absolute Gasteiger partial charge is 0.459 e. The average Bonchev–Trinajstić information content (AvgIpc) is 3.28. The minimum absolute atomic E-state index is 0.0255.